The lowest BCUT2D eigenvalue weighted by molar-refractivity contribution is -0.248. The van der Waals surface area contributed by atoms with Crippen molar-refractivity contribution in [2.75, 3.05) is 39.4 Å². The van der Waals surface area contributed by atoms with Crippen LogP contribution >= 0.6 is 0 Å². The number of hydrogen-bond donors (Lipinski definition) is 2. The van der Waals surface area contributed by atoms with E-state index in [4.69, 9.17) is 18.9 Å². The van der Waals surface area contributed by atoms with Crippen LogP contribution in [0.25, 0.3) is 0 Å². The van der Waals surface area contributed by atoms with E-state index in [-0.39, 0.29) is 30.0 Å². The van der Waals surface area contributed by atoms with Gasteiger partial charge in [0.05, 0.1) is 30.5 Å². The van der Waals surface area contributed by atoms with E-state index in [1.807, 2.05) is 20.8 Å². The lowest BCUT2D eigenvalue weighted by atomic mass is 9.46. The van der Waals surface area contributed by atoms with Gasteiger partial charge >= 0.3 is 0 Å². The first-order chi connectivity index (χ1) is 21.9. The first-order valence-electron chi connectivity index (χ1n) is 19.6. The van der Waals surface area contributed by atoms with Crippen LogP contribution in [0.2, 0.25) is 0 Å². The van der Waals surface area contributed by atoms with E-state index in [2.05, 4.69) is 31.0 Å². The Kier molecular flexibility index (Phi) is 8.32. The second-order valence-corrected chi connectivity index (χ2v) is 18.8. The summed E-state index contributed by atoms with van der Waals surface area (Å²) in [5.41, 5.74) is 0.749. The SMILES string of the molecule is CCOC(C1CCC2C(CC3C4CCC5C(C)(C)C(OC6CN(C7CCNCC7)CCO6)CCC56CC46CCC23C)O1)C(C)(C)O. The average Bonchev–Trinajstić information content (AvgIpc) is 3.61. The fourth-order valence-electron chi connectivity index (χ4n) is 14.1. The van der Waals surface area contributed by atoms with Gasteiger partial charge in [-0.1, -0.05) is 20.8 Å². The average molecular weight is 643 g/mol. The van der Waals surface area contributed by atoms with Crippen molar-refractivity contribution in [2.45, 2.75) is 161 Å². The van der Waals surface area contributed by atoms with Crippen molar-refractivity contribution in [3.05, 3.63) is 0 Å². The summed E-state index contributed by atoms with van der Waals surface area (Å²) in [5, 5.41) is 14.5. The van der Waals surface area contributed by atoms with E-state index < -0.39 is 5.60 Å². The molecular formula is C39H66N2O5. The molecule has 262 valence electrons. The van der Waals surface area contributed by atoms with Gasteiger partial charge in [-0.25, -0.2) is 0 Å². The van der Waals surface area contributed by atoms with Crippen LogP contribution in [0.4, 0.5) is 0 Å². The molecule has 0 aromatic carbocycles. The monoisotopic (exact) mass is 642 g/mol. The molecule has 3 saturated heterocycles. The van der Waals surface area contributed by atoms with Crippen LogP contribution in [0, 0.1) is 45.3 Å². The van der Waals surface area contributed by atoms with Crippen molar-refractivity contribution < 1.29 is 24.1 Å². The standard InChI is InChI=1S/C39H66N2O5/c1-7-43-34(36(4,5)42)29-10-8-27-30(45-29)22-28-26-9-11-31-35(2,3)32(12-15-39(31)24-38(26,39)17-16-37(27,28)6)46-33-23-41(20-21-44-33)25-13-18-40-19-14-25/h25-34,40,42H,7-24H2,1-6H3. The van der Waals surface area contributed by atoms with Crippen LogP contribution < -0.4 is 5.32 Å². The summed E-state index contributed by atoms with van der Waals surface area (Å²) >= 11 is 0. The second kappa shape index (κ2) is 11.6. The normalized spacial score (nSPS) is 49.6. The Morgan fingerprint density at radius 1 is 0.935 bits per heavy atom. The Hall–Kier alpha value is -0.280. The molecule has 2 N–H and O–H groups in total. The molecule has 0 aromatic heterocycles. The highest BCUT2D eigenvalue weighted by Crippen LogP contribution is 2.87. The summed E-state index contributed by atoms with van der Waals surface area (Å²) in [6, 6.07) is 0.681. The van der Waals surface area contributed by atoms with Crippen molar-refractivity contribution in [2.24, 2.45) is 45.3 Å². The molecule has 0 amide bonds. The van der Waals surface area contributed by atoms with Crippen molar-refractivity contribution in [1.29, 1.82) is 0 Å². The van der Waals surface area contributed by atoms with Crippen molar-refractivity contribution in [1.82, 2.24) is 10.2 Å². The highest BCUT2D eigenvalue weighted by atomic mass is 16.7. The molecule has 5 saturated carbocycles. The van der Waals surface area contributed by atoms with Gasteiger partial charge < -0.3 is 29.4 Å². The third-order valence-electron chi connectivity index (χ3n) is 16.1. The second-order valence-electron chi connectivity index (χ2n) is 18.8. The molecule has 8 fully saturated rings. The third kappa shape index (κ3) is 4.97. The van der Waals surface area contributed by atoms with E-state index in [1.54, 1.807) is 0 Å². The smallest absolute Gasteiger partial charge is 0.170 e. The van der Waals surface area contributed by atoms with Gasteiger partial charge in [0.1, 0.15) is 6.10 Å². The fraction of sp³-hybridized carbons (Fsp3) is 1.00. The molecule has 3 aliphatic heterocycles. The minimum Gasteiger partial charge on any atom is -0.388 e. The molecular weight excluding hydrogens is 576 g/mol. The van der Waals surface area contributed by atoms with Crippen molar-refractivity contribution in [3.63, 3.8) is 0 Å². The summed E-state index contributed by atoms with van der Waals surface area (Å²) in [6.07, 6.45) is 15.8. The maximum atomic E-state index is 11.0. The van der Waals surface area contributed by atoms with Crippen molar-refractivity contribution in [3.8, 4) is 0 Å². The molecule has 5 aliphatic carbocycles. The van der Waals surface area contributed by atoms with Gasteiger partial charge in [0.25, 0.3) is 0 Å². The molecule has 7 nitrogen and oxygen atoms in total. The van der Waals surface area contributed by atoms with Gasteiger partial charge in [0, 0.05) is 25.7 Å². The number of nitrogens with one attached hydrogen (secondary N) is 1. The summed E-state index contributed by atoms with van der Waals surface area (Å²) in [4.78, 5) is 2.67. The summed E-state index contributed by atoms with van der Waals surface area (Å²) in [5.74, 6) is 3.03. The number of piperidine rings is 1. The maximum Gasteiger partial charge on any atom is 0.170 e. The molecule has 0 aromatic rings. The molecule has 12 unspecified atom stereocenters. The minimum atomic E-state index is -0.892. The highest BCUT2D eigenvalue weighted by molar-refractivity contribution is 5.29. The predicted octanol–water partition coefficient (Wildman–Crippen LogP) is 6.16. The van der Waals surface area contributed by atoms with Gasteiger partial charge in [-0.05, 0) is 156 Å². The van der Waals surface area contributed by atoms with Crippen LogP contribution in [0.3, 0.4) is 0 Å². The first-order valence-corrected chi connectivity index (χ1v) is 19.6. The van der Waals surface area contributed by atoms with Gasteiger partial charge in [0.2, 0.25) is 0 Å². The molecule has 2 spiro atoms. The van der Waals surface area contributed by atoms with Gasteiger partial charge in [-0.15, -0.1) is 0 Å². The molecule has 7 heteroatoms. The van der Waals surface area contributed by atoms with Gasteiger partial charge in [-0.2, -0.15) is 0 Å². The summed E-state index contributed by atoms with van der Waals surface area (Å²) in [7, 11) is 0. The van der Waals surface area contributed by atoms with E-state index >= 15 is 0 Å². The molecule has 46 heavy (non-hydrogen) atoms. The minimum absolute atomic E-state index is 0.00195. The van der Waals surface area contributed by atoms with E-state index in [1.165, 1.54) is 70.6 Å². The zero-order valence-electron chi connectivity index (χ0n) is 30.0. The lowest BCUT2D eigenvalue weighted by Gasteiger charge is -2.60. The Labute approximate surface area is 279 Å². The van der Waals surface area contributed by atoms with Crippen LogP contribution in [-0.4, -0.2) is 91.7 Å². The Morgan fingerprint density at radius 2 is 1.72 bits per heavy atom. The topological polar surface area (TPSA) is 72.4 Å². The molecule has 0 radical (unpaired) electrons. The molecule has 12 atom stereocenters. The largest absolute Gasteiger partial charge is 0.388 e. The number of rotatable bonds is 7. The van der Waals surface area contributed by atoms with Crippen LogP contribution in [0.5, 0.6) is 0 Å². The number of nitrogens with zero attached hydrogens (tertiary/aromatic N) is 1. The van der Waals surface area contributed by atoms with Crippen molar-refractivity contribution >= 4 is 0 Å². The van der Waals surface area contributed by atoms with E-state index in [0.717, 1.165) is 57.0 Å². The summed E-state index contributed by atoms with van der Waals surface area (Å²) < 4.78 is 26.4. The quantitative estimate of drug-likeness (QED) is 0.345. The maximum absolute atomic E-state index is 11.0. The number of ether oxygens (including phenoxy) is 4. The molecule has 3 heterocycles. The van der Waals surface area contributed by atoms with Crippen LogP contribution in [0.15, 0.2) is 0 Å². The lowest BCUT2D eigenvalue weighted by Crippen LogP contribution is -2.57. The Balaban J connectivity index is 0.952. The zero-order chi connectivity index (χ0) is 32.1. The molecule has 0 bridgehead atoms. The number of morpholine rings is 1. The van der Waals surface area contributed by atoms with Crippen LogP contribution in [-0.2, 0) is 18.9 Å². The third-order valence-corrected chi connectivity index (χ3v) is 16.1. The Morgan fingerprint density at radius 3 is 2.48 bits per heavy atom. The number of hydrogen-bond acceptors (Lipinski definition) is 7. The highest BCUT2D eigenvalue weighted by Gasteiger charge is 2.80. The van der Waals surface area contributed by atoms with Gasteiger partial charge in [0.15, 0.2) is 6.29 Å². The zero-order valence-corrected chi connectivity index (χ0v) is 30.0. The molecule has 8 rings (SSSR count). The Bertz CT molecular complexity index is 1120. The van der Waals surface area contributed by atoms with Gasteiger partial charge in [-0.3, -0.25) is 4.90 Å². The number of fused-ring (bicyclic) bond motifs is 4. The van der Waals surface area contributed by atoms with Crippen LogP contribution in [0.1, 0.15) is 119 Å². The van der Waals surface area contributed by atoms with E-state index in [0.29, 0.717) is 40.9 Å². The fourth-order valence-corrected chi connectivity index (χ4v) is 14.1. The first kappa shape index (κ1) is 32.9. The predicted molar refractivity (Wildman–Crippen MR) is 179 cm³/mol. The molecule has 8 aliphatic rings. The summed E-state index contributed by atoms with van der Waals surface area (Å²) in [6.45, 7) is 19.3. The van der Waals surface area contributed by atoms with E-state index in [9.17, 15) is 5.11 Å². The number of aliphatic hydroxyl groups is 1.